The van der Waals surface area contributed by atoms with Crippen LogP contribution in [0.1, 0.15) is 37.8 Å². The van der Waals surface area contributed by atoms with Crippen LogP contribution in [-0.4, -0.2) is 47.4 Å². The molecule has 0 unspecified atom stereocenters. The summed E-state index contributed by atoms with van der Waals surface area (Å²) in [5, 5.41) is 8.57. The molecule has 0 bridgehead atoms. The van der Waals surface area contributed by atoms with Crippen LogP contribution >= 0.6 is 0 Å². The van der Waals surface area contributed by atoms with Gasteiger partial charge >= 0.3 is 6.03 Å². The molecule has 4 amide bonds. The number of carbonyl (C=O) groups excluding carboxylic acids is 3. The van der Waals surface area contributed by atoms with Crippen LogP contribution in [0.3, 0.4) is 0 Å². The van der Waals surface area contributed by atoms with E-state index in [1.54, 1.807) is 4.90 Å². The Kier molecular flexibility index (Phi) is 5.39. The molecule has 0 spiro atoms. The molecule has 2 aliphatic rings. The van der Waals surface area contributed by atoms with Crippen LogP contribution in [0.4, 0.5) is 10.5 Å². The number of carbonyl (C=O) groups is 3. The van der Waals surface area contributed by atoms with Crippen LogP contribution in [-0.2, 0) is 9.59 Å². The fraction of sp³-hybridized carbons (Fsp3) is 0.550. The van der Waals surface area contributed by atoms with Crippen LogP contribution in [0.2, 0.25) is 0 Å². The molecule has 3 rings (SSSR count). The van der Waals surface area contributed by atoms with Gasteiger partial charge in [0.2, 0.25) is 11.8 Å². The molecule has 0 aromatic heterocycles. The fourth-order valence-electron chi connectivity index (χ4n) is 3.99. The standard InChI is InChI=1S/C20H28N4O3/c1-11(2)5-16-19(26)24-10-15(9-17(24)18(25)23-16)22-20(27)21-14-7-12(3)6-13(4)8-14/h6-8,11,15-17H,5,9-10H2,1-4H3,(H,23,25)(H2,21,22,27)/t15-,16-,17-/m0/s1. The van der Waals surface area contributed by atoms with Gasteiger partial charge in [-0.05, 0) is 55.9 Å². The Morgan fingerprint density at radius 1 is 1.22 bits per heavy atom. The van der Waals surface area contributed by atoms with Gasteiger partial charge in [-0.2, -0.15) is 0 Å². The molecule has 2 aliphatic heterocycles. The first-order chi connectivity index (χ1) is 12.7. The molecule has 2 saturated heterocycles. The molecule has 0 radical (unpaired) electrons. The maximum absolute atomic E-state index is 12.7. The van der Waals surface area contributed by atoms with Crippen LogP contribution in [0.5, 0.6) is 0 Å². The van der Waals surface area contributed by atoms with E-state index in [1.165, 1.54) is 0 Å². The molecule has 7 nitrogen and oxygen atoms in total. The van der Waals surface area contributed by atoms with Gasteiger partial charge in [0.1, 0.15) is 12.1 Å². The lowest BCUT2D eigenvalue weighted by molar-refractivity contribution is -0.147. The smallest absolute Gasteiger partial charge is 0.319 e. The Bertz CT molecular complexity index is 741. The van der Waals surface area contributed by atoms with E-state index >= 15 is 0 Å². The van der Waals surface area contributed by atoms with E-state index in [0.29, 0.717) is 25.3 Å². The molecule has 146 valence electrons. The summed E-state index contributed by atoms with van der Waals surface area (Å²) in [5.41, 5.74) is 2.87. The summed E-state index contributed by atoms with van der Waals surface area (Å²) in [6.45, 7) is 8.37. The molecule has 2 fully saturated rings. The highest BCUT2D eigenvalue weighted by atomic mass is 16.2. The van der Waals surface area contributed by atoms with E-state index in [2.05, 4.69) is 16.0 Å². The number of anilines is 1. The van der Waals surface area contributed by atoms with E-state index in [9.17, 15) is 14.4 Å². The van der Waals surface area contributed by atoms with Crippen molar-refractivity contribution < 1.29 is 14.4 Å². The summed E-state index contributed by atoms with van der Waals surface area (Å²) < 4.78 is 0. The highest BCUT2D eigenvalue weighted by Gasteiger charge is 2.46. The van der Waals surface area contributed by atoms with Crippen molar-refractivity contribution in [3.63, 3.8) is 0 Å². The number of piperazine rings is 1. The Morgan fingerprint density at radius 2 is 1.89 bits per heavy atom. The van der Waals surface area contributed by atoms with Crippen LogP contribution in [0, 0.1) is 19.8 Å². The summed E-state index contributed by atoms with van der Waals surface area (Å²) in [4.78, 5) is 39.0. The van der Waals surface area contributed by atoms with Gasteiger partial charge in [-0.15, -0.1) is 0 Å². The number of rotatable bonds is 4. The van der Waals surface area contributed by atoms with Gasteiger partial charge in [-0.1, -0.05) is 19.9 Å². The zero-order valence-corrected chi connectivity index (χ0v) is 16.3. The van der Waals surface area contributed by atoms with Crippen LogP contribution < -0.4 is 16.0 Å². The molecule has 27 heavy (non-hydrogen) atoms. The second-order valence-corrected chi connectivity index (χ2v) is 8.10. The highest BCUT2D eigenvalue weighted by molar-refractivity contribution is 5.98. The van der Waals surface area contributed by atoms with Crippen molar-refractivity contribution in [2.75, 3.05) is 11.9 Å². The van der Waals surface area contributed by atoms with Crippen molar-refractivity contribution in [2.45, 2.75) is 58.7 Å². The van der Waals surface area contributed by atoms with Gasteiger partial charge in [0.05, 0.1) is 6.04 Å². The number of aryl methyl sites for hydroxylation is 2. The van der Waals surface area contributed by atoms with Gasteiger partial charge in [0, 0.05) is 12.2 Å². The first kappa shape index (κ1) is 19.2. The normalized spacial score (nSPS) is 24.6. The number of nitrogens with one attached hydrogen (secondary N) is 3. The van der Waals surface area contributed by atoms with Crippen molar-refractivity contribution >= 4 is 23.5 Å². The largest absolute Gasteiger partial charge is 0.342 e. The fourth-order valence-corrected chi connectivity index (χ4v) is 3.99. The Labute approximate surface area is 159 Å². The second-order valence-electron chi connectivity index (χ2n) is 8.10. The summed E-state index contributed by atoms with van der Waals surface area (Å²) in [6, 6.07) is 4.32. The molecule has 3 atom stereocenters. The molecule has 1 aromatic carbocycles. The molecule has 2 heterocycles. The maximum atomic E-state index is 12.7. The van der Waals surface area contributed by atoms with Gasteiger partial charge in [-0.3, -0.25) is 9.59 Å². The molecular weight excluding hydrogens is 344 g/mol. The third kappa shape index (κ3) is 4.40. The molecule has 1 aromatic rings. The van der Waals surface area contributed by atoms with E-state index in [4.69, 9.17) is 0 Å². The number of amides is 4. The molecule has 3 N–H and O–H groups in total. The van der Waals surface area contributed by atoms with Crippen molar-refractivity contribution in [3.8, 4) is 0 Å². The van der Waals surface area contributed by atoms with Crippen molar-refractivity contribution in [1.29, 1.82) is 0 Å². The van der Waals surface area contributed by atoms with Gasteiger partial charge in [0.15, 0.2) is 0 Å². The van der Waals surface area contributed by atoms with Gasteiger partial charge in [-0.25, -0.2) is 4.79 Å². The second kappa shape index (κ2) is 7.58. The number of benzene rings is 1. The zero-order chi connectivity index (χ0) is 19.7. The third-order valence-electron chi connectivity index (χ3n) is 5.02. The van der Waals surface area contributed by atoms with Crippen molar-refractivity contribution in [3.05, 3.63) is 29.3 Å². The SMILES string of the molecule is Cc1cc(C)cc(NC(=O)N[C@H]2C[C@H]3C(=O)N[C@@H](CC(C)C)C(=O)N3C2)c1. The predicted octanol–water partition coefficient (Wildman–Crippen LogP) is 1.94. The first-order valence-electron chi connectivity index (χ1n) is 9.49. The zero-order valence-electron chi connectivity index (χ0n) is 16.3. The van der Waals surface area contributed by atoms with E-state index in [1.807, 2.05) is 45.9 Å². The van der Waals surface area contributed by atoms with Gasteiger partial charge in [0.25, 0.3) is 0 Å². The predicted molar refractivity (Wildman–Crippen MR) is 103 cm³/mol. The maximum Gasteiger partial charge on any atom is 0.319 e. The average molecular weight is 372 g/mol. The van der Waals surface area contributed by atoms with E-state index in [-0.39, 0.29) is 23.9 Å². The lowest BCUT2D eigenvalue weighted by Crippen LogP contribution is -2.61. The average Bonchev–Trinajstić information content (AvgIpc) is 2.95. The Balaban J connectivity index is 1.61. The molecule has 0 saturated carbocycles. The van der Waals surface area contributed by atoms with Crippen LogP contribution in [0.15, 0.2) is 18.2 Å². The van der Waals surface area contributed by atoms with Crippen LogP contribution in [0.25, 0.3) is 0 Å². The van der Waals surface area contributed by atoms with Crippen molar-refractivity contribution in [1.82, 2.24) is 15.5 Å². The minimum absolute atomic E-state index is 0.0488. The number of hydrogen-bond acceptors (Lipinski definition) is 3. The molecule has 0 aliphatic carbocycles. The number of fused-ring (bicyclic) bond motifs is 1. The summed E-state index contributed by atoms with van der Waals surface area (Å²) in [7, 11) is 0. The first-order valence-corrected chi connectivity index (χ1v) is 9.49. The summed E-state index contributed by atoms with van der Waals surface area (Å²) in [5.74, 6) is 0.141. The van der Waals surface area contributed by atoms with E-state index in [0.717, 1.165) is 16.8 Å². The summed E-state index contributed by atoms with van der Waals surface area (Å²) in [6.07, 6.45) is 1.06. The third-order valence-corrected chi connectivity index (χ3v) is 5.02. The quantitative estimate of drug-likeness (QED) is 0.754. The number of nitrogens with zero attached hydrogens (tertiary/aromatic N) is 1. The molecular formula is C20H28N4O3. The number of urea groups is 1. The van der Waals surface area contributed by atoms with Gasteiger partial charge < -0.3 is 20.9 Å². The number of hydrogen-bond donors (Lipinski definition) is 3. The monoisotopic (exact) mass is 372 g/mol. The Hall–Kier alpha value is -2.57. The topological polar surface area (TPSA) is 90.5 Å². The van der Waals surface area contributed by atoms with E-state index < -0.39 is 12.1 Å². The lowest BCUT2D eigenvalue weighted by Gasteiger charge is -2.35. The minimum atomic E-state index is -0.493. The lowest BCUT2D eigenvalue weighted by atomic mass is 9.99. The Morgan fingerprint density at radius 3 is 2.52 bits per heavy atom. The molecule has 7 heteroatoms. The summed E-state index contributed by atoms with van der Waals surface area (Å²) >= 11 is 0. The minimum Gasteiger partial charge on any atom is -0.342 e. The highest BCUT2D eigenvalue weighted by Crippen LogP contribution is 2.25. The van der Waals surface area contributed by atoms with Crippen molar-refractivity contribution in [2.24, 2.45) is 5.92 Å².